The molecular formula is C11H11F3N4O2S. The molecule has 2 rings (SSSR count). The fraction of sp³-hybridized carbons (Fsp3) is 0.273. The zero-order valence-corrected chi connectivity index (χ0v) is 11.6. The van der Waals surface area contributed by atoms with E-state index >= 15 is 0 Å². The van der Waals surface area contributed by atoms with Gasteiger partial charge in [0.2, 0.25) is 0 Å². The number of nitrogen functional groups attached to an aromatic ring is 1. The summed E-state index contributed by atoms with van der Waals surface area (Å²) in [7, 11) is 0. The first-order valence-corrected chi connectivity index (χ1v) is 6.61. The van der Waals surface area contributed by atoms with Crippen LogP contribution in [-0.4, -0.2) is 21.4 Å². The SMILES string of the molecule is CCn1c(Sc2cc(OC(F)F)c(F)cc2N)n[nH]c1=O. The van der Waals surface area contributed by atoms with Gasteiger partial charge in [-0.15, -0.1) is 5.10 Å². The molecule has 0 aliphatic heterocycles. The number of ether oxygens (including phenoxy) is 1. The molecular weight excluding hydrogens is 309 g/mol. The fourth-order valence-corrected chi connectivity index (χ4v) is 2.54. The van der Waals surface area contributed by atoms with Gasteiger partial charge >= 0.3 is 12.3 Å². The standard InChI is InChI=1S/C11H11F3N4O2S/c1-2-18-10(19)16-17-11(18)21-8-4-7(20-9(13)14)5(12)3-6(8)15/h3-4,9H,2,15H2,1H3,(H,16,19). The van der Waals surface area contributed by atoms with Gasteiger partial charge in [0.15, 0.2) is 16.7 Å². The smallest absolute Gasteiger partial charge is 0.387 e. The number of halogens is 3. The predicted molar refractivity (Wildman–Crippen MR) is 70.1 cm³/mol. The third-order valence-electron chi connectivity index (χ3n) is 2.52. The summed E-state index contributed by atoms with van der Waals surface area (Å²) in [5, 5.41) is 6.32. The highest BCUT2D eigenvalue weighted by Gasteiger charge is 2.16. The molecule has 2 aromatic rings. The van der Waals surface area contributed by atoms with Gasteiger partial charge in [-0.1, -0.05) is 0 Å². The van der Waals surface area contributed by atoms with Crippen LogP contribution in [0, 0.1) is 5.82 Å². The van der Waals surface area contributed by atoms with Crippen molar-refractivity contribution in [1.29, 1.82) is 0 Å². The molecule has 6 nitrogen and oxygen atoms in total. The van der Waals surface area contributed by atoms with Gasteiger partial charge in [0.1, 0.15) is 0 Å². The molecule has 0 fully saturated rings. The summed E-state index contributed by atoms with van der Waals surface area (Å²) in [6.45, 7) is -1.06. The van der Waals surface area contributed by atoms with Gasteiger partial charge in [-0.2, -0.15) is 8.78 Å². The van der Waals surface area contributed by atoms with Crippen molar-refractivity contribution in [3.63, 3.8) is 0 Å². The maximum Gasteiger partial charge on any atom is 0.387 e. The second-order valence-electron chi connectivity index (χ2n) is 3.86. The summed E-state index contributed by atoms with van der Waals surface area (Å²) in [5.41, 5.74) is 5.25. The van der Waals surface area contributed by atoms with Crippen molar-refractivity contribution in [2.75, 3.05) is 5.73 Å². The first-order chi connectivity index (χ1) is 9.92. The largest absolute Gasteiger partial charge is 0.432 e. The topological polar surface area (TPSA) is 85.9 Å². The Morgan fingerprint density at radius 1 is 1.52 bits per heavy atom. The number of benzene rings is 1. The van der Waals surface area contributed by atoms with Gasteiger partial charge in [-0.05, 0) is 24.8 Å². The van der Waals surface area contributed by atoms with Crippen molar-refractivity contribution in [2.24, 2.45) is 0 Å². The van der Waals surface area contributed by atoms with Crippen LogP contribution in [0.1, 0.15) is 6.92 Å². The number of aromatic amines is 1. The second kappa shape index (κ2) is 6.12. The van der Waals surface area contributed by atoms with E-state index in [4.69, 9.17) is 5.73 Å². The van der Waals surface area contributed by atoms with Crippen LogP contribution in [0.5, 0.6) is 5.75 Å². The zero-order valence-electron chi connectivity index (χ0n) is 10.8. The minimum absolute atomic E-state index is 0.0252. The summed E-state index contributed by atoms with van der Waals surface area (Å²) >= 11 is 0.940. The average Bonchev–Trinajstić information content (AvgIpc) is 2.75. The molecule has 0 bridgehead atoms. The Morgan fingerprint density at radius 3 is 2.86 bits per heavy atom. The summed E-state index contributed by atoms with van der Waals surface area (Å²) < 4.78 is 43.2. The number of anilines is 1. The number of rotatable bonds is 5. The van der Waals surface area contributed by atoms with Crippen LogP contribution in [0.25, 0.3) is 0 Å². The number of aromatic nitrogens is 3. The minimum atomic E-state index is -3.15. The van der Waals surface area contributed by atoms with Crippen molar-refractivity contribution >= 4 is 17.4 Å². The molecule has 1 aromatic heterocycles. The molecule has 0 saturated carbocycles. The summed E-state index contributed by atoms with van der Waals surface area (Å²) in [4.78, 5) is 11.7. The lowest BCUT2D eigenvalue weighted by Crippen LogP contribution is -2.16. The van der Waals surface area contributed by atoms with Crippen LogP contribution in [0.3, 0.4) is 0 Å². The van der Waals surface area contributed by atoms with Gasteiger partial charge in [0.05, 0.1) is 0 Å². The number of alkyl halides is 2. The highest BCUT2D eigenvalue weighted by Crippen LogP contribution is 2.35. The molecule has 0 aliphatic rings. The van der Waals surface area contributed by atoms with Crippen molar-refractivity contribution < 1.29 is 17.9 Å². The molecule has 0 aliphatic carbocycles. The van der Waals surface area contributed by atoms with E-state index in [2.05, 4.69) is 14.9 Å². The lowest BCUT2D eigenvalue weighted by Gasteiger charge is -2.10. The molecule has 1 aromatic carbocycles. The quantitative estimate of drug-likeness (QED) is 0.824. The molecule has 114 valence electrons. The van der Waals surface area contributed by atoms with E-state index < -0.39 is 23.9 Å². The van der Waals surface area contributed by atoms with Crippen LogP contribution >= 0.6 is 11.8 Å². The van der Waals surface area contributed by atoms with Gasteiger partial charge < -0.3 is 10.5 Å². The first-order valence-electron chi connectivity index (χ1n) is 5.79. The average molecular weight is 320 g/mol. The number of H-pyrrole nitrogens is 1. The Labute approximate surface area is 121 Å². The number of hydrogen-bond donors (Lipinski definition) is 2. The summed E-state index contributed by atoms with van der Waals surface area (Å²) in [5.74, 6) is -1.62. The van der Waals surface area contributed by atoms with Crippen molar-refractivity contribution in [2.45, 2.75) is 30.1 Å². The fourth-order valence-electron chi connectivity index (χ4n) is 1.58. The van der Waals surface area contributed by atoms with Crippen molar-refractivity contribution in [3.05, 3.63) is 28.4 Å². The Hall–Kier alpha value is -2.10. The van der Waals surface area contributed by atoms with Crippen LogP contribution < -0.4 is 16.2 Å². The molecule has 0 spiro atoms. The number of nitrogens with zero attached hydrogens (tertiary/aromatic N) is 2. The second-order valence-corrected chi connectivity index (χ2v) is 4.87. The maximum absolute atomic E-state index is 13.5. The van der Waals surface area contributed by atoms with E-state index in [1.54, 1.807) is 6.92 Å². The van der Waals surface area contributed by atoms with Crippen LogP contribution in [0.4, 0.5) is 18.9 Å². The monoisotopic (exact) mass is 320 g/mol. The van der Waals surface area contributed by atoms with E-state index in [0.717, 1.165) is 23.9 Å². The van der Waals surface area contributed by atoms with Gasteiger partial charge in [0.25, 0.3) is 0 Å². The Kier molecular flexibility index (Phi) is 4.46. The minimum Gasteiger partial charge on any atom is -0.432 e. The van der Waals surface area contributed by atoms with E-state index in [1.165, 1.54) is 4.57 Å². The van der Waals surface area contributed by atoms with Gasteiger partial charge in [-0.25, -0.2) is 14.3 Å². The molecule has 21 heavy (non-hydrogen) atoms. The molecule has 0 radical (unpaired) electrons. The molecule has 1 heterocycles. The highest BCUT2D eigenvalue weighted by atomic mass is 32.2. The molecule has 0 atom stereocenters. The third kappa shape index (κ3) is 3.32. The number of nitrogens with one attached hydrogen (secondary N) is 1. The van der Waals surface area contributed by atoms with Gasteiger partial charge in [-0.3, -0.25) is 4.57 Å². The third-order valence-corrected chi connectivity index (χ3v) is 3.59. The first kappa shape index (κ1) is 15.3. The Morgan fingerprint density at radius 2 is 2.24 bits per heavy atom. The molecule has 3 N–H and O–H groups in total. The Bertz CT molecular complexity index is 701. The lowest BCUT2D eigenvalue weighted by atomic mass is 10.3. The van der Waals surface area contributed by atoms with E-state index in [1.807, 2.05) is 0 Å². The molecule has 0 saturated heterocycles. The summed E-state index contributed by atoms with van der Waals surface area (Å²) in [6, 6.07) is 1.92. The summed E-state index contributed by atoms with van der Waals surface area (Å²) in [6.07, 6.45) is 0. The van der Waals surface area contributed by atoms with E-state index in [-0.39, 0.29) is 15.7 Å². The lowest BCUT2D eigenvalue weighted by molar-refractivity contribution is -0.0523. The number of hydrogen-bond acceptors (Lipinski definition) is 5. The molecule has 0 unspecified atom stereocenters. The van der Waals surface area contributed by atoms with Crippen molar-refractivity contribution in [1.82, 2.24) is 14.8 Å². The van der Waals surface area contributed by atoms with E-state index in [9.17, 15) is 18.0 Å². The van der Waals surface area contributed by atoms with E-state index in [0.29, 0.717) is 6.54 Å². The van der Waals surface area contributed by atoms with Crippen molar-refractivity contribution in [3.8, 4) is 5.75 Å². The maximum atomic E-state index is 13.5. The zero-order chi connectivity index (χ0) is 15.6. The van der Waals surface area contributed by atoms with Crippen LogP contribution in [-0.2, 0) is 6.54 Å². The predicted octanol–water partition coefficient (Wildman–Crippen LogP) is 2.07. The Balaban J connectivity index is 2.37. The van der Waals surface area contributed by atoms with Crippen LogP contribution in [0.2, 0.25) is 0 Å². The van der Waals surface area contributed by atoms with Crippen LogP contribution in [0.15, 0.2) is 27.0 Å². The normalized spacial score (nSPS) is 11.1. The van der Waals surface area contributed by atoms with Gasteiger partial charge in [0, 0.05) is 23.2 Å². The molecule has 10 heteroatoms. The molecule has 0 amide bonds. The number of nitrogens with two attached hydrogens (primary N) is 1. The highest BCUT2D eigenvalue weighted by molar-refractivity contribution is 7.99.